The number of fused-ring (bicyclic) bond motifs is 2. The summed E-state index contributed by atoms with van der Waals surface area (Å²) < 4.78 is 5.86. The number of aromatic amines is 2. The number of nitrogens with zero attached hydrogens (tertiary/aromatic N) is 1. The van der Waals surface area contributed by atoms with Crippen LogP contribution in [-0.2, 0) is 9.53 Å². The van der Waals surface area contributed by atoms with Gasteiger partial charge in [0.05, 0.1) is 10.5 Å². The fourth-order valence-corrected chi connectivity index (χ4v) is 6.75. The fourth-order valence-electron chi connectivity index (χ4n) is 6.75. The van der Waals surface area contributed by atoms with Gasteiger partial charge in [-0.15, -0.1) is 0 Å². The molecule has 1 aliphatic rings. The number of nitrogens with one attached hydrogen (secondary N) is 3. The van der Waals surface area contributed by atoms with Crippen LogP contribution in [0.15, 0.2) is 109 Å². The quantitative estimate of drug-likeness (QED) is 0.0848. The van der Waals surface area contributed by atoms with Crippen LogP contribution in [-0.4, -0.2) is 32.8 Å². The Morgan fingerprint density at radius 1 is 0.745 bits per heavy atom. The van der Waals surface area contributed by atoms with Gasteiger partial charge in [0.15, 0.2) is 0 Å². The highest BCUT2D eigenvalue weighted by atomic mass is 16.6. The van der Waals surface area contributed by atoms with Crippen LogP contribution in [0.5, 0.6) is 0 Å². The van der Waals surface area contributed by atoms with E-state index in [2.05, 4.69) is 39.6 Å². The second-order valence-corrected chi connectivity index (χ2v) is 12.1. The summed E-state index contributed by atoms with van der Waals surface area (Å²) in [5.41, 5.74) is 5.83. The molecule has 1 saturated carbocycles. The average Bonchev–Trinajstić information content (AvgIpc) is 3.73. The molecule has 1 aliphatic carbocycles. The maximum absolute atomic E-state index is 13.6. The van der Waals surface area contributed by atoms with Crippen LogP contribution in [0.4, 0.5) is 5.69 Å². The van der Waals surface area contributed by atoms with Crippen molar-refractivity contribution in [1.29, 1.82) is 0 Å². The van der Waals surface area contributed by atoms with Gasteiger partial charge < -0.3 is 20.0 Å². The summed E-state index contributed by atoms with van der Waals surface area (Å²) in [7, 11) is 0. The van der Waals surface area contributed by atoms with E-state index in [0.29, 0.717) is 11.1 Å². The number of nitro groups is 1. The predicted octanol–water partition coefficient (Wildman–Crippen LogP) is 8.08. The summed E-state index contributed by atoms with van der Waals surface area (Å²) in [5, 5.41) is 16.5. The first-order chi connectivity index (χ1) is 23.0. The zero-order chi connectivity index (χ0) is 32.3. The molecule has 236 valence electrons. The van der Waals surface area contributed by atoms with E-state index < -0.39 is 22.9 Å². The number of H-pyrrole nitrogens is 2. The van der Waals surface area contributed by atoms with Gasteiger partial charge >= 0.3 is 5.97 Å². The van der Waals surface area contributed by atoms with Crippen molar-refractivity contribution in [1.82, 2.24) is 15.3 Å². The van der Waals surface area contributed by atoms with Gasteiger partial charge in [-0.3, -0.25) is 14.9 Å². The van der Waals surface area contributed by atoms with Crippen LogP contribution in [0.2, 0.25) is 0 Å². The fraction of sp³-hybridized carbons (Fsp3) is 0.211. The Labute approximate surface area is 271 Å². The normalized spacial score (nSPS) is 14.3. The summed E-state index contributed by atoms with van der Waals surface area (Å²) in [6.45, 7) is 0. The second-order valence-electron chi connectivity index (χ2n) is 12.1. The van der Waals surface area contributed by atoms with E-state index >= 15 is 0 Å². The molecule has 0 saturated heterocycles. The lowest BCUT2D eigenvalue weighted by Gasteiger charge is -2.25. The molecule has 1 unspecified atom stereocenters. The van der Waals surface area contributed by atoms with Crippen molar-refractivity contribution >= 4 is 39.4 Å². The summed E-state index contributed by atoms with van der Waals surface area (Å²) in [5.74, 6) is -1.23. The minimum Gasteiger partial charge on any atom is -0.444 e. The molecule has 6 aromatic rings. The van der Waals surface area contributed by atoms with Gasteiger partial charge in [-0.05, 0) is 65.9 Å². The van der Waals surface area contributed by atoms with E-state index in [-0.39, 0.29) is 17.6 Å². The third kappa shape index (κ3) is 6.12. The monoisotopic (exact) mass is 626 g/mol. The molecule has 1 amide bonds. The lowest BCUT2D eigenvalue weighted by molar-refractivity contribution is -0.384. The van der Waals surface area contributed by atoms with Crippen molar-refractivity contribution < 1.29 is 19.2 Å². The summed E-state index contributed by atoms with van der Waals surface area (Å²) in [6, 6.07) is 29.2. The molecule has 9 nitrogen and oxygen atoms in total. The molecule has 4 aromatic carbocycles. The molecule has 3 N–H and O–H groups in total. The smallest absolute Gasteiger partial charge is 0.339 e. The Morgan fingerprint density at radius 3 is 1.87 bits per heavy atom. The highest BCUT2D eigenvalue weighted by molar-refractivity contribution is 5.93. The SMILES string of the molecule is O=C(OC(C(=O)NC1CCCCC1)c1ccc([N+](=O)[O-])cc1)c1ccc(C(c2c[nH]c3ccccc23)c2c[nH]c3ccccc23)cc1. The third-order valence-electron chi connectivity index (χ3n) is 9.17. The van der Waals surface area contributed by atoms with Crippen molar-refractivity contribution in [3.05, 3.63) is 147 Å². The van der Waals surface area contributed by atoms with Gasteiger partial charge in [-0.25, -0.2) is 4.79 Å². The molecule has 0 radical (unpaired) electrons. The number of para-hydroxylation sites is 2. The molecule has 7 rings (SSSR count). The number of amides is 1. The molecule has 1 atom stereocenters. The standard InChI is InChI=1S/C38H34N4O5/c43-37(41-27-8-2-1-3-9-27)36(25-18-20-28(21-19-25)42(45)46)47-38(44)26-16-14-24(15-17-26)35(31-22-39-33-12-6-4-10-29(31)33)32-23-40-34-13-7-5-11-30(32)34/h4-7,10-23,27,35-36,39-40H,1-3,8-9H2,(H,41,43). The van der Waals surface area contributed by atoms with Gasteiger partial charge in [-0.1, -0.05) is 67.8 Å². The van der Waals surface area contributed by atoms with Crippen LogP contribution in [0.25, 0.3) is 21.8 Å². The highest BCUT2D eigenvalue weighted by Crippen LogP contribution is 2.39. The first kappa shape index (κ1) is 30.0. The van der Waals surface area contributed by atoms with Crippen LogP contribution in [0.1, 0.15) is 76.7 Å². The zero-order valence-corrected chi connectivity index (χ0v) is 25.6. The number of hydrogen-bond donors (Lipinski definition) is 3. The van der Waals surface area contributed by atoms with Crippen LogP contribution in [0, 0.1) is 10.1 Å². The Balaban J connectivity index is 1.19. The predicted molar refractivity (Wildman–Crippen MR) is 180 cm³/mol. The van der Waals surface area contributed by atoms with E-state index in [1.807, 2.05) is 48.8 Å². The molecule has 0 bridgehead atoms. The number of nitro benzene ring substituents is 1. The van der Waals surface area contributed by atoms with Gasteiger partial charge in [0, 0.05) is 63.9 Å². The van der Waals surface area contributed by atoms with Crippen molar-refractivity contribution in [2.75, 3.05) is 0 Å². The first-order valence-corrected chi connectivity index (χ1v) is 15.9. The Kier molecular flexibility index (Phi) is 8.27. The van der Waals surface area contributed by atoms with E-state index in [9.17, 15) is 19.7 Å². The molecule has 2 heterocycles. The molecule has 2 aromatic heterocycles. The van der Waals surface area contributed by atoms with Crippen molar-refractivity contribution in [3.63, 3.8) is 0 Å². The number of hydrogen-bond acceptors (Lipinski definition) is 5. The van der Waals surface area contributed by atoms with Crippen LogP contribution in [0.3, 0.4) is 0 Å². The number of aromatic nitrogens is 2. The Morgan fingerprint density at radius 2 is 1.30 bits per heavy atom. The Bertz CT molecular complexity index is 1980. The topological polar surface area (TPSA) is 130 Å². The number of carbonyl (C=O) groups excluding carboxylic acids is 2. The van der Waals surface area contributed by atoms with Crippen molar-refractivity contribution in [2.45, 2.75) is 50.2 Å². The maximum Gasteiger partial charge on any atom is 0.339 e. The molecular formula is C38H34N4O5. The molecule has 0 aliphatic heterocycles. The number of benzene rings is 4. The average molecular weight is 627 g/mol. The molecule has 9 heteroatoms. The van der Waals surface area contributed by atoms with Gasteiger partial charge in [0.25, 0.3) is 11.6 Å². The molecular weight excluding hydrogens is 592 g/mol. The van der Waals surface area contributed by atoms with Gasteiger partial charge in [0.2, 0.25) is 6.10 Å². The number of rotatable bonds is 9. The van der Waals surface area contributed by atoms with E-state index in [1.165, 1.54) is 24.3 Å². The van der Waals surface area contributed by atoms with E-state index in [0.717, 1.165) is 70.6 Å². The van der Waals surface area contributed by atoms with Gasteiger partial charge in [-0.2, -0.15) is 0 Å². The third-order valence-corrected chi connectivity index (χ3v) is 9.17. The van der Waals surface area contributed by atoms with Gasteiger partial charge in [0.1, 0.15) is 0 Å². The Hall–Kier alpha value is -5.70. The number of carbonyl (C=O) groups is 2. The summed E-state index contributed by atoms with van der Waals surface area (Å²) in [6.07, 6.45) is 7.73. The van der Waals surface area contributed by atoms with Crippen molar-refractivity contribution in [3.8, 4) is 0 Å². The summed E-state index contributed by atoms with van der Waals surface area (Å²) >= 11 is 0. The lowest BCUT2D eigenvalue weighted by Crippen LogP contribution is -2.40. The van der Waals surface area contributed by atoms with Crippen LogP contribution < -0.4 is 5.32 Å². The number of non-ortho nitro benzene ring substituents is 1. The first-order valence-electron chi connectivity index (χ1n) is 15.9. The number of ether oxygens (including phenoxy) is 1. The largest absolute Gasteiger partial charge is 0.444 e. The minimum absolute atomic E-state index is 0.000687. The minimum atomic E-state index is -1.25. The molecule has 47 heavy (non-hydrogen) atoms. The highest BCUT2D eigenvalue weighted by Gasteiger charge is 2.29. The maximum atomic E-state index is 13.6. The molecule has 1 fully saturated rings. The van der Waals surface area contributed by atoms with E-state index in [4.69, 9.17) is 4.74 Å². The van der Waals surface area contributed by atoms with Crippen molar-refractivity contribution in [2.24, 2.45) is 0 Å². The zero-order valence-electron chi connectivity index (χ0n) is 25.6. The lowest BCUT2D eigenvalue weighted by atomic mass is 9.84. The number of esters is 1. The molecule has 0 spiro atoms. The van der Waals surface area contributed by atoms with Crippen LogP contribution >= 0.6 is 0 Å². The summed E-state index contributed by atoms with van der Waals surface area (Å²) in [4.78, 5) is 44.6. The second kappa shape index (κ2) is 13.0. The van der Waals surface area contributed by atoms with E-state index in [1.54, 1.807) is 12.1 Å².